The smallest absolute Gasteiger partial charge is 0.239 e. The van der Waals surface area contributed by atoms with Crippen LogP contribution in [-0.2, 0) is 0 Å². The third-order valence-electron chi connectivity index (χ3n) is 4.25. The molecule has 3 N–H and O–H groups in total. The number of nitrogens with zero attached hydrogens (tertiary/aromatic N) is 4. The van der Waals surface area contributed by atoms with Crippen molar-refractivity contribution in [2.45, 2.75) is 0 Å². The van der Waals surface area contributed by atoms with Crippen molar-refractivity contribution in [3.8, 4) is 0 Å². The summed E-state index contributed by atoms with van der Waals surface area (Å²) < 4.78 is 1.91. The lowest BCUT2D eigenvalue weighted by Crippen LogP contribution is -2.03. The normalized spacial score (nSPS) is 12.0. The van der Waals surface area contributed by atoms with Crippen molar-refractivity contribution in [2.24, 2.45) is 0 Å². The molecule has 0 fully saturated rings. The number of nitrogens with one attached hydrogen (secondary N) is 1. The molecule has 3 heterocycles. The molecule has 0 unspecified atom stereocenters. The number of aromatic amines is 1. The molecule has 0 amide bonds. The van der Waals surface area contributed by atoms with Crippen LogP contribution in [0.15, 0.2) is 54.7 Å². The highest BCUT2D eigenvalue weighted by Gasteiger charge is 2.10. The molecule has 5 aromatic rings. The van der Waals surface area contributed by atoms with E-state index in [9.17, 15) is 0 Å². The van der Waals surface area contributed by atoms with Crippen molar-refractivity contribution in [3.05, 3.63) is 66.1 Å². The zero-order chi connectivity index (χ0) is 16.8. The molecule has 0 atom stereocenters. The van der Waals surface area contributed by atoms with Gasteiger partial charge >= 0.3 is 0 Å². The fourth-order valence-electron chi connectivity index (χ4n) is 3.12. The molecule has 5 rings (SSSR count). The third-order valence-corrected chi connectivity index (χ3v) is 4.25. The first-order chi connectivity index (χ1) is 12.3. The van der Waals surface area contributed by atoms with Gasteiger partial charge in [-0.1, -0.05) is 30.3 Å². The lowest BCUT2D eigenvalue weighted by molar-refractivity contribution is 1.02. The molecule has 0 bridgehead atoms. The van der Waals surface area contributed by atoms with Gasteiger partial charge in [-0.2, -0.15) is 9.97 Å². The van der Waals surface area contributed by atoms with Gasteiger partial charge in [0.2, 0.25) is 11.7 Å². The monoisotopic (exact) mass is 326 g/mol. The summed E-state index contributed by atoms with van der Waals surface area (Å²) >= 11 is 0. The van der Waals surface area contributed by atoms with Gasteiger partial charge in [-0.25, -0.2) is 4.98 Å². The number of H-pyrrole nitrogens is 1. The highest BCUT2D eigenvalue weighted by Crippen LogP contribution is 2.22. The van der Waals surface area contributed by atoms with Gasteiger partial charge in [0.05, 0.1) is 11.0 Å². The van der Waals surface area contributed by atoms with Crippen molar-refractivity contribution >= 4 is 45.8 Å². The van der Waals surface area contributed by atoms with E-state index in [1.54, 1.807) is 0 Å². The number of fused-ring (bicyclic) bond motifs is 4. The van der Waals surface area contributed by atoms with Crippen molar-refractivity contribution in [3.63, 3.8) is 0 Å². The summed E-state index contributed by atoms with van der Waals surface area (Å²) in [5.41, 5.74) is 9.88. The minimum absolute atomic E-state index is 0.210. The quantitative estimate of drug-likeness (QED) is 0.520. The first-order valence-corrected chi connectivity index (χ1v) is 7.94. The number of anilines is 1. The van der Waals surface area contributed by atoms with Gasteiger partial charge in [-0.3, -0.25) is 4.40 Å². The fourth-order valence-corrected chi connectivity index (χ4v) is 3.12. The largest absolute Gasteiger partial charge is 0.368 e. The highest BCUT2D eigenvalue weighted by molar-refractivity contribution is 5.91. The van der Waals surface area contributed by atoms with Crippen LogP contribution in [0.3, 0.4) is 0 Å². The van der Waals surface area contributed by atoms with Crippen molar-refractivity contribution in [1.29, 1.82) is 0 Å². The molecule has 25 heavy (non-hydrogen) atoms. The van der Waals surface area contributed by atoms with E-state index in [-0.39, 0.29) is 5.95 Å². The number of imidazole rings is 1. The summed E-state index contributed by atoms with van der Waals surface area (Å²) in [5.74, 6) is 1.45. The molecule has 0 radical (unpaired) electrons. The van der Waals surface area contributed by atoms with Crippen LogP contribution in [0, 0.1) is 0 Å². The molecule has 2 aromatic carbocycles. The third kappa shape index (κ3) is 2.15. The molecule has 6 heteroatoms. The van der Waals surface area contributed by atoms with Gasteiger partial charge in [0.1, 0.15) is 5.82 Å². The van der Waals surface area contributed by atoms with Crippen molar-refractivity contribution in [2.75, 3.05) is 5.73 Å². The predicted molar refractivity (Wildman–Crippen MR) is 99.9 cm³/mol. The molecule has 0 aliphatic carbocycles. The van der Waals surface area contributed by atoms with Gasteiger partial charge in [-0.15, -0.1) is 0 Å². The predicted octanol–water partition coefficient (Wildman–Crippen LogP) is 3.51. The lowest BCUT2D eigenvalue weighted by Gasteiger charge is -2.02. The lowest BCUT2D eigenvalue weighted by atomic mass is 10.1. The Hall–Kier alpha value is -3.67. The Morgan fingerprint density at radius 2 is 1.76 bits per heavy atom. The standard InChI is InChI=1S/C19H14N6/c20-18-23-17(10-9-12-11-21-14-6-2-1-5-13(12)14)25-16-8-4-3-7-15(16)22-19(25)24-18/h1-11,21H,(H2,20,22,24). The van der Waals surface area contributed by atoms with E-state index in [0.717, 1.165) is 27.5 Å². The minimum atomic E-state index is 0.210. The SMILES string of the molecule is Nc1nc(C=Cc2c[nH]c3ccccc23)n2c(n1)nc1ccccc12. The number of aromatic nitrogens is 5. The summed E-state index contributed by atoms with van der Waals surface area (Å²) in [6.07, 6.45) is 5.94. The zero-order valence-electron chi connectivity index (χ0n) is 13.2. The van der Waals surface area contributed by atoms with E-state index in [0.29, 0.717) is 11.6 Å². The Bertz CT molecular complexity index is 1260. The molecule has 0 saturated carbocycles. The molecule has 0 aliphatic heterocycles. The average molecular weight is 326 g/mol. The maximum Gasteiger partial charge on any atom is 0.239 e. The number of nitrogens with two attached hydrogens (primary N) is 1. The van der Waals surface area contributed by atoms with E-state index in [4.69, 9.17) is 5.73 Å². The average Bonchev–Trinajstić information content (AvgIpc) is 3.20. The van der Waals surface area contributed by atoms with E-state index in [1.165, 1.54) is 0 Å². The van der Waals surface area contributed by atoms with Gasteiger partial charge in [-0.05, 0) is 35.9 Å². The Labute approximate surface area is 142 Å². The molecule has 0 saturated heterocycles. The highest BCUT2D eigenvalue weighted by atomic mass is 15.2. The summed E-state index contributed by atoms with van der Waals surface area (Å²) in [6, 6.07) is 16.0. The Balaban J connectivity index is 1.72. The van der Waals surface area contributed by atoms with E-state index in [2.05, 4.69) is 32.1 Å². The number of benzene rings is 2. The van der Waals surface area contributed by atoms with Crippen molar-refractivity contribution in [1.82, 2.24) is 24.3 Å². The number of hydrogen-bond acceptors (Lipinski definition) is 4. The molecular weight excluding hydrogens is 312 g/mol. The minimum Gasteiger partial charge on any atom is -0.368 e. The van der Waals surface area contributed by atoms with Crippen LogP contribution in [0.1, 0.15) is 11.4 Å². The number of nitrogen functional groups attached to an aromatic ring is 1. The Morgan fingerprint density at radius 1 is 0.920 bits per heavy atom. The van der Waals surface area contributed by atoms with E-state index in [1.807, 2.05) is 59.1 Å². The van der Waals surface area contributed by atoms with Crippen molar-refractivity contribution < 1.29 is 0 Å². The van der Waals surface area contributed by atoms with Gasteiger partial charge < -0.3 is 10.7 Å². The summed E-state index contributed by atoms with van der Waals surface area (Å²) in [7, 11) is 0. The first-order valence-electron chi connectivity index (χ1n) is 7.94. The first kappa shape index (κ1) is 13.7. The molecule has 3 aromatic heterocycles. The van der Waals surface area contributed by atoms with Gasteiger partial charge in [0, 0.05) is 17.1 Å². The van der Waals surface area contributed by atoms with Gasteiger partial charge in [0.15, 0.2) is 0 Å². The second-order valence-electron chi connectivity index (χ2n) is 5.80. The fraction of sp³-hybridized carbons (Fsp3) is 0. The second-order valence-corrected chi connectivity index (χ2v) is 5.80. The second kappa shape index (κ2) is 5.17. The molecule has 0 spiro atoms. The number of rotatable bonds is 2. The summed E-state index contributed by atoms with van der Waals surface area (Å²) in [4.78, 5) is 16.4. The number of hydrogen-bond donors (Lipinski definition) is 2. The topological polar surface area (TPSA) is 84.9 Å². The molecule has 120 valence electrons. The van der Waals surface area contributed by atoms with Crippen LogP contribution < -0.4 is 5.73 Å². The Morgan fingerprint density at radius 3 is 2.72 bits per heavy atom. The van der Waals surface area contributed by atoms with Gasteiger partial charge in [0.25, 0.3) is 0 Å². The molecular formula is C19H14N6. The maximum absolute atomic E-state index is 5.87. The van der Waals surface area contributed by atoms with Crippen LogP contribution in [0.5, 0.6) is 0 Å². The van der Waals surface area contributed by atoms with Crippen LogP contribution in [0.4, 0.5) is 5.95 Å². The van der Waals surface area contributed by atoms with E-state index >= 15 is 0 Å². The summed E-state index contributed by atoms with van der Waals surface area (Å²) in [5, 5.41) is 1.16. The number of para-hydroxylation sites is 3. The molecule has 6 nitrogen and oxygen atoms in total. The van der Waals surface area contributed by atoms with Crippen LogP contribution in [0.2, 0.25) is 0 Å². The molecule has 0 aliphatic rings. The maximum atomic E-state index is 5.87. The van der Waals surface area contributed by atoms with Crippen LogP contribution >= 0.6 is 0 Å². The van der Waals surface area contributed by atoms with Crippen LogP contribution in [-0.4, -0.2) is 24.3 Å². The zero-order valence-corrected chi connectivity index (χ0v) is 13.2. The summed E-state index contributed by atoms with van der Waals surface area (Å²) in [6.45, 7) is 0. The Kier molecular flexibility index (Phi) is 2.84. The van der Waals surface area contributed by atoms with E-state index < -0.39 is 0 Å². The van der Waals surface area contributed by atoms with Crippen LogP contribution in [0.25, 0.3) is 39.9 Å².